The van der Waals surface area contributed by atoms with Gasteiger partial charge in [0.05, 0.1) is 4.90 Å². The fourth-order valence-electron chi connectivity index (χ4n) is 3.45. The molecule has 1 aliphatic heterocycles. The molecule has 6 nitrogen and oxygen atoms in total. The van der Waals surface area contributed by atoms with Gasteiger partial charge in [-0.2, -0.15) is 4.31 Å². The molecule has 1 heterocycles. The van der Waals surface area contributed by atoms with Crippen molar-refractivity contribution in [2.75, 3.05) is 32.8 Å². The van der Waals surface area contributed by atoms with E-state index in [1.165, 1.54) is 22.5 Å². The molecule has 0 spiro atoms. The predicted molar refractivity (Wildman–Crippen MR) is 111 cm³/mol. The van der Waals surface area contributed by atoms with Gasteiger partial charge in [-0.3, -0.25) is 4.79 Å². The minimum atomic E-state index is -3.79. The molecule has 0 bridgehead atoms. The Bertz CT molecular complexity index is 1170. The average molecular weight is 428 g/mol. The summed E-state index contributed by atoms with van der Waals surface area (Å²) in [5.41, 5.74) is 0. The number of carbonyl (C=O) groups excluding carboxylic acids is 1. The Morgan fingerprint density at radius 3 is 2.37 bits per heavy atom. The Hall–Kier alpha value is -2.97. The summed E-state index contributed by atoms with van der Waals surface area (Å²) >= 11 is 0. The molecule has 1 amide bonds. The van der Waals surface area contributed by atoms with E-state index in [1.54, 1.807) is 4.90 Å². The summed E-state index contributed by atoms with van der Waals surface area (Å²) in [4.78, 5) is 14.0. The first-order valence-electron chi connectivity index (χ1n) is 9.58. The molecule has 30 heavy (non-hydrogen) atoms. The second-order valence-corrected chi connectivity index (χ2v) is 8.98. The number of fused-ring (bicyclic) bond motifs is 1. The van der Waals surface area contributed by atoms with Crippen LogP contribution >= 0.6 is 0 Å². The normalized spacial score (nSPS) is 15.3. The van der Waals surface area contributed by atoms with Gasteiger partial charge in [0.15, 0.2) is 6.61 Å². The Labute approximate surface area is 174 Å². The summed E-state index contributed by atoms with van der Waals surface area (Å²) in [7, 11) is -3.79. The molecule has 156 valence electrons. The Morgan fingerprint density at radius 1 is 0.900 bits per heavy atom. The van der Waals surface area contributed by atoms with E-state index >= 15 is 0 Å². The zero-order valence-electron chi connectivity index (χ0n) is 16.2. The zero-order chi connectivity index (χ0) is 21.1. The van der Waals surface area contributed by atoms with Gasteiger partial charge in [-0.1, -0.05) is 36.4 Å². The number of piperazine rings is 1. The van der Waals surface area contributed by atoms with Crippen molar-refractivity contribution in [2.24, 2.45) is 0 Å². The molecule has 0 unspecified atom stereocenters. The standard InChI is InChI=1S/C22H21FN2O4S/c23-19-6-3-7-21(15-19)30(27,28)25-12-10-24(11-13-25)22(26)16-29-20-9-8-17-4-1-2-5-18(17)14-20/h1-9,14-15H,10-13,16H2. The molecule has 0 saturated carbocycles. The smallest absolute Gasteiger partial charge is 0.260 e. The molecule has 1 aliphatic rings. The fraction of sp³-hybridized carbons (Fsp3) is 0.227. The summed E-state index contributed by atoms with van der Waals surface area (Å²) in [6.45, 7) is 0.707. The van der Waals surface area contributed by atoms with Crippen LogP contribution in [0.1, 0.15) is 0 Å². The largest absolute Gasteiger partial charge is 0.484 e. The van der Waals surface area contributed by atoms with Crippen LogP contribution in [0.3, 0.4) is 0 Å². The summed E-state index contributed by atoms with van der Waals surface area (Å²) in [6.07, 6.45) is 0. The van der Waals surface area contributed by atoms with Gasteiger partial charge in [-0.05, 0) is 41.1 Å². The highest BCUT2D eigenvalue weighted by molar-refractivity contribution is 7.89. The quantitative estimate of drug-likeness (QED) is 0.627. The van der Waals surface area contributed by atoms with Crippen LogP contribution in [0.2, 0.25) is 0 Å². The fourth-order valence-corrected chi connectivity index (χ4v) is 4.90. The number of benzene rings is 3. The third kappa shape index (κ3) is 4.29. The van der Waals surface area contributed by atoms with Gasteiger partial charge >= 0.3 is 0 Å². The van der Waals surface area contributed by atoms with Crippen molar-refractivity contribution < 1.29 is 22.3 Å². The highest BCUT2D eigenvalue weighted by Gasteiger charge is 2.30. The number of carbonyl (C=O) groups is 1. The summed E-state index contributed by atoms with van der Waals surface area (Å²) in [5.74, 6) is -0.198. The SMILES string of the molecule is O=C(COc1ccc2ccccc2c1)N1CCN(S(=O)(=O)c2cccc(F)c2)CC1. The van der Waals surface area contributed by atoms with E-state index in [9.17, 15) is 17.6 Å². The highest BCUT2D eigenvalue weighted by atomic mass is 32.2. The van der Waals surface area contributed by atoms with Crippen LogP contribution in [-0.4, -0.2) is 56.3 Å². The molecule has 0 atom stereocenters. The van der Waals surface area contributed by atoms with Gasteiger partial charge in [0, 0.05) is 26.2 Å². The molecule has 4 rings (SSSR count). The Balaban J connectivity index is 1.33. The first-order valence-corrected chi connectivity index (χ1v) is 11.0. The summed E-state index contributed by atoms with van der Waals surface area (Å²) < 4.78 is 45.6. The summed E-state index contributed by atoms with van der Waals surface area (Å²) in [6, 6.07) is 18.4. The van der Waals surface area contributed by atoms with Gasteiger partial charge in [0.25, 0.3) is 5.91 Å². The second-order valence-electron chi connectivity index (χ2n) is 7.04. The molecule has 0 N–H and O–H groups in total. The average Bonchev–Trinajstić information content (AvgIpc) is 2.77. The maximum atomic E-state index is 13.4. The highest BCUT2D eigenvalue weighted by Crippen LogP contribution is 2.21. The number of halogens is 1. The minimum Gasteiger partial charge on any atom is -0.484 e. The van der Waals surface area contributed by atoms with Crippen LogP contribution in [0.15, 0.2) is 71.6 Å². The van der Waals surface area contributed by atoms with Crippen molar-refractivity contribution in [1.82, 2.24) is 9.21 Å². The van der Waals surface area contributed by atoms with Crippen LogP contribution in [0.5, 0.6) is 5.75 Å². The molecule has 1 saturated heterocycles. The van der Waals surface area contributed by atoms with Crippen LogP contribution in [0.25, 0.3) is 10.8 Å². The van der Waals surface area contributed by atoms with Crippen LogP contribution < -0.4 is 4.74 Å². The molecule has 3 aromatic rings. The van der Waals surface area contributed by atoms with Crippen molar-refractivity contribution in [3.8, 4) is 5.75 Å². The first-order chi connectivity index (χ1) is 14.4. The van der Waals surface area contributed by atoms with Crippen LogP contribution in [-0.2, 0) is 14.8 Å². The molecule has 8 heteroatoms. The third-order valence-electron chi connectivity index (χ3n) is 5.11. The van der Waals surface area contributed by atoms with Gasteiger partial charge in [-0.15, -0.1) is 0 Å². The third-order valence-corrected chi connectivity index (χ3v) is 7.00. The first kappa shape index (κ1) is 20.3. The number of sulfonamides is 1. The molecule has 0 aliphatic carbocycles. The van der Waals surface area contributed by atoms with Gasteiger partial charge in [-0.25, -0.2) is 12.8 Å². The lowest BCUT2D eigenvalue weighted by Crippen LogP contribution is -2.51. The number of nitrogens with zero attached hydrogens (tertiary/aromatic N) is 2. The maximum absolute atomic E-state index is 13.4. The number of amides is 1. The van der Waals surface area contributed by atoms with Crippen molar-refractivity contribution >= 4 is 26.7 Å². The molecule has 1 fully saturated rings. The van der Waals surface area contributed by atoms with E-state index in [0.29, 0.717) is 5.75 Å². The Kier molecular flexibility index (Phi) is 5.69. The topological polar surface area (TPSA) is 66.9 Å². The van der Waals surface area contributed by atoms with Gasteiger partial charge in [0.2, 0.25) is 10.0 Å². The predicted octanol–water partition coefficient (Wildman–Crippen LogP) is 2.89. The molecular formula is C22H21FN2O4S. The van der Waals surface area contributed by atoms with E-state index in [0.717, 1.165) is 16.8 Å². The Morgan fingerprint density at radius 2 is 1.63 bits per heavy atom. The van der Waals surface area contributed by atoms with Crippen molar-refractivity contribution in [1.29, 1.82) is 0 Å². The monoisotopic (exact) mass is 428 g/mol. The summed E-state index contributed by atoms with van der Waals surface area (Å²) in [5, 5.41) is 2.12. The molecule has 0 aromatic heterocycles. The number of hydrogen-bond acceptors (Lipinski definition) is 4. The number of hydrogen-bond donors (Lipinski definition) is 0. The lowest BCUT2D eigenvalue weighted by molar-refractivity contribution is -0.134. The molecule has 0 radical (unpaired) electrons. The van der Waals surface area contributed by atoms with Gasteiger partial charge in [0.1, 0.15) is 11.6 Å². The van der Waals surface area contributed by atoms with Gasteiger partial charge < -0.3 is 9.64 Å². The number of rotatable bonds is 5. The second kappa shape index (κ2) is 8.41. The van der Waals surface area contributed by atoms with E-state index in [2.05, 4.69) is 0 Å². The minimum absolute atomic E-state index is 0.0816. The van der Waals surface area contributed by atoms with E-state index in [-0.39, 0.29) is 43.6 Å². The molecular weight excluding hydrogens is 407 g/mol. The van der Waals surface area contributed by atoms with E-state index < -0.39 is 15.8 Å². The van der Waals surface area contributed by atoms with E-state index in [1.807, 2.05) is 42.5 Å². The number of ether oxygens (including phenoxy) is 1. The zero-order valence-corrected chi connectivity index (χ0v) is 17.0. The molecule has 3 aromatic carbocycles. The van der Waals surface area contributed by atoms with Crippen molar-refractivity contribution in [3.63, 3.8) is 0 Å². The maximum Gasteiger partial charge on any atom is 0.260 e. The lowest BCUT2D eigenvalue weighted by Gasteiger charge is -2.34. The van der Waals surface area contributed by atoms with Crippen molar-refractivity contribution in [2.45, 2.75) is 4.90 Å². The lowest BCUT2D eigenvalue weighted by atomic mass is 10.1. The van der Waals surface area contributed by atoms with Crippen LogP contribution in [0, 0.1) is 5.82 Å². The van der Waals surface area contributed by atoms with E-state index in [4.69, 9.17) is 4.74 Å². The van der Waals surface area contributed by atoms with Crippen molar-refractivity contribution in [3.05, 3.63) is 72.5 Å². The van der Waals surface area contributed by atoms with Crippen LogP contribution in [0.4, 0.5) is 4.39 Å².